The summed E-state index contributed by atoms with van der Waals surface area (Å²) in [5, 5.41) is 3.39. The summed E-state index contributed by atoms with van der Waals surface area (Å²) in [6.07, 6.45) is -3.19. The van der Waals surface area contributed by atoms with E-state index >= 15 is 0 Å². The molecule has 0 amide bonds. The second-order valence-corrected chi connectivity index (χ2v) is 8.67. The van der Waals surface area contributed by atoms with Gasteiger partial charge in [0.1, 0.15) is 12.4 Å². The molecule has 0 atom stereocenters. The number of rotatable bonds is 7. The van der Waals surface area contributed by atoms with Crippen LogP contribution in [0.25, 0.3) is 21.7 Å². The predicted octanol–water partition coefficient (Wildman–Crippen LogP) is 7.01. The van der Waals surface area contributed by atoms with Gasteiger partial charge in [0, 0.05) is 23.0 Å². The minimum atomic E-state index is -4.34. The second-order valence-electron chi connectivity index (χ2n) is 8.67. The van der Waals surface area contributed by atoms with Crippen molar-refractivity contribution in [1.29, 1.82) is 0 Å². The topological polar surface area (TPSA) is 51.0 Å². The zero-order chi connectivity index (χ0) is 24.4. The van der Waals surface area contributed by atoms with E-state index < -0.39 is 11.7 Å². The van der Waals surface area contributed by atoms with Crippen LogP contribution in [0.15, 0.2) is 84.9 Å². The molecular formula is C29H25F3N2O. The maximum Gasteiger partial charge on any atom is 0.416 e. The Bertz CT molecular complexity index is 1470. The SMILES string of the molecule is NCCc1c(Cc2ccc(C(F)(F)F)cc2)[nH]c2ccc(OCc3ccc4ccccc4c3)cc12. The van der Waals surface area contributed by atoms with Gasteiger partial charge in [0.2, 0.25) is 0 Å². The standard InChI is InChI=1S/C29H25F3N2O/c30-29(31,32)23-9-6-19(7-10-23)16-28-25(13-14-33)26-17-24(11-12-27(26)34-28)35-18-20-5-8-21-3-1-2-4-22(21)15-20/h1-12,15,17,34H,13-14,16,18,33H2. The van der Waals surface area contributed by atoms with Gasteiger partial charge in [0.05, 0.1) is 5.56 Å². The number of halogens is 3. The van der Waals surface area contributed by atoms with E-state index in [4.69, 9.17) is 10.5 Å². The summed E-state index contributed by atoms with van der Waals surface area (Å²) in [5.74, 6) is 0.754. The molecule has 1 heterocycles. The van der Waals surface area contributed by atoms with E-state index in [0.717, 1.165) is 51.2 Å². The van der Waals surface area contributed by atoms with Crippen LogP contribution in [0.2, 0.25) is 0 Å². The van der Waals surface area contributed by atoms with E-state index in [-0.39, 0.29) is 0 Å². The maximum absolute atomic E-state index is 12.9. The number of H-pyrrole nitrogens is 1. The number of alkyl halides is 3. The van der Waals surface area contributed by atoms with Crippen LogP contribution in [0, 0.1) is 0 Å². The summed E-state index contributed by atoms with van der Waals surface area (Å²) in [5.41, 5.74) is 10.1. The average molecular weight is 475 g/mol. The van der Waals surface area contributed by atoms with Crippen molar-refractivity contribution >= 4 is 21.7 Å². The number of aromatic amines is 1. The van der Waals surface area contributed by atoms with Gasteiger partial charge in [0.15, 0.2) is 0 Å². The Morgan fingerprint density at radius 3 is 2.29 bits per heavy atom. The Balaban J connectivity index is 1.38. The molecule has 0 aliphatic rings. The van der Waals surface area contributed by atoms with Crippen molar-refractivity contribution in [2.24, 2.45) is 5.73 Å². The van der Waals surface area contributed by atoms with Gasteiger partial charge in [-0.2, -0.15) is 13.2 Å². The van der Waals surface area contributed by atoms with Crippen molar-refractivity contribution in [1.82, 2.24) is 4.98 Å². The highest BCUT2D eigenvalue weighted by molar-refractivity contribution is 5.86. The fourth-order valence-electron chi connectivity index (χ4n) is 4.46. The third kappa shape index (κ3) is 5.03. The first-order chi connectivity index (χ1) is 16.9. The molecule has 0 saturated carbocycles. The highest BCUT2D eigenvalue weighted by Crippen LogP contribution is 2.31. The van der Waals surface area contributed by atoms with E-state index in [9.17, 15) is 13.2 Å². The first-order valence-electron chi connectivity index (χ1n) is 11.5. The third-order valence-electron chi connectivity index (χ3n) is 6.24. The Morgan fingerprint density at radius 1 is 0.800 bits per heavy atom. The fourth-order valence-corrected chi connectivity index (χ4v) is 4.46. The molecule has 5 aromatic rings. The van der Waals surface area contributed by atoms with Crippen molar-refractivity contribution in [3.8, 4) is 5.75 Å². The van der Waals surface area contributed by atoms with E-state index in [2.05, 4.69) is 35.3 Å². The number of hydrogen-bond donors (Lipinski definition) is 2. The molecule has 5 rings (SSSR count). The van der Waals surface area contributed by atoms with Crippen molar-refractivity contribution in [3.63, 3.8) is 0 Å². The van der Waals surface area contributed by atoms with Gasteiger partial charge in [-0.25, -0.2) is 0 Å². The molecule has 0 aliphatic heterocycles. The third-order valence-corrected chi connectivity index (χ3v) is 6.24. The number of hydrogen-bond acceptors (Lipinski definition) is 2. The zero-order valence-corrected chi connectivity index (χ0v) is 19.0. The van der Waals surface area contributed by atoms with Crippen LogP contribution in [0.1, 0.15) is 27.9 Å². The lowest BCUT2D eigenvalue weighted by Gasteiger charge is -2.09. The van der Waals surface area contributed by atoms with Gasteiger partial charge in [-0.05, 0) is 76.8 Å². The van der Waals surface area contributed by atoms with E-state index in [0.29, 0.717) is 26.0 Å². The number of fused-ring (bicyclic) bond motifs is 2. The molecule has 0 spiro atoms. The monoisotopic (exact) mass is 474 g/mol. The van der Waals surface area contributed by atoms with Gasteiger partial charge >= 0.3 is 6.18 Å². The summed E-state index contributed by atoms with van der Waals surface area (Å²) in [6.45, 7) is 0.917. The molecule has 3 nitrogen and oxygen atoms in total. The van der Waals surface area contributed by atoms with Crippen LogP contribution < -0.4 is 10.5 Å². The minimum Gasteiger partial charge on any atom is -0.489 e. The first kappa shape index (κ1) is 23.0. The van der Waals surface area contributed by atoms with Gasteiger partial charge in [-0.15, -0.1) is 0 Å². The lowest BCUT2D eigenvalue weighted by Crippen LogP contribution is -2.06. The highest BCUT2D eigenvalue weighted by atomic mass is 19.4. The van der Waals surface area contributed by atoms with Crippen LogP contribution in [-0.2, 0) is 25.6 Å². The number of aromatic nitrogens is 1. The van der Waals surface area contributed by atoms with Crippen molar-refractivity contribution < 1.29 is 17.9 Å². The summed E-state index contributed by atoms with van der Waals surface area (Å²) in [7, 11) is 0. The number of benzene rings is 4. The lowest BCUT2D eigenvalue weighted by atomic mass is 10.0. The Hall–Kier alpha value is -3.77. The number of nitrogens with two attached hydrogens (primary N) is 1. The van der Waals surface area contributed by atoms with Gasteiger partial charge in [-0.3, -0.25) is 0 Å². The molecule has 1 aromatic heterocycles. The predicted molar refractivity (Wildman–Crippen MR) is 134 cm³/mol. The normalized spacial score (nSPS) is 11.9. The van der Waals surface area contributed by atoms with E-state index in [1.54, 1.807) is 0 Å². The molecule has 0 saturated heterocycles. The quantitative estimate of drug-likeness (QED) is 0.267. The molecule has 0 bridgehead atoms. The fraction of sp³-hybridized carbons (Fsp3) is 0.172. The molecule has 0 aliphatic carbocycles. The highest BCUT2D eigenvalue weighted by Gasteiger charge is 2.30. The average Bonchev–Trinajstić information content (AvgIpc) is 3.19. The largest absolute Gasteiger partial charge is 0.489 e. The van der Waals surface area contributed by atoms with E-state index in [1.807, 2.05) is 30.3 Å². The molecular weight excluding hydrogens is 449 g/mol. The molecule has 4 aromatic carbocycles. The van der Waals surface area contributed by atoms with Crippen LogP contribution in [-0.4, -0.2) is 11.5 Å². The molecule has 35 heavy (non-hydrogen) atoms. The van der Waals surface area contributed by atoms with Gasteiger partial charge < -0.3 is 15.5 Å². The summed E-state index contributed by atoms with van der Waals surface area (Å²) in [6, 6.07) is 25.7. The Morgan fingerprint density at radius 2 is 1.54 bits per heavy atom. The number of nitrogens with one attached hydrogen (secondary N) is 1. The lowest BCUT2D eigenvalue weighted by molar-refractivity contribution is -0.137. The Kier molecular flexibility index (Phi) is 6.22. The van der Waals surface area contributed by atoms with Crippen molar-refractivity contribution in [2.75, 3.05) is 6.54 Å². The van der Waals surface area contributed by atoms with Crippen LogP contribution in [0.3, 0.4) is 0 Å². The van der Waals surface area contributed by atoms with Crippen molar-refractivity contribution in [3.05, 3.63) is 113 Å². The number of ether oxygens (including phenoxy) is 1. The van der Waals surface area contributed by atoms with Gasteiger partial charge in [-0.1, -0.05) is 48.5 Å². The maximum atomic E-state index is 12.9. The second kappa shape index (κ2) is 9.47. The smallest absolute Gasteiger partial charge is 0.416 e. The molecule has 3 N–H and O–H groups in total. The minimum absolute atomic E-state index is 0.450. The molecule has 0 radical (unpaired) electrons. The van der Waals surface area contributed by atoms with Gasteiger partial charge in [0.25, 0.3) is 0 Å². The summed E-state index contributed by atoms with van der Waals surface area (Å²) >= 11 is 0. The van der Waals surface area contributed by atoms with E-state index in [1.165, 1.54) is 22.9 Å². The zero-order valence-electron chi connectivity index (χ0n) is 19.0. The van der Waals surface area contributed by atoms with Crippen LogP contribution in [0.4, 0.5) is 13.2 Å². The molecule has 178 valence electrons. The van der Waals surface area contributed by atoms with Crippen molar-refractivity contribution in [2.45, 2.75) is 25.6 Å². The van der Waals surface area contributed by atoms with Crippen LogP contribution >= 0.6 is 0 Å². The molecule has 0 unspecified atom stereocenters. The Labute approximate surface area is 201 Å². The molecule has 6 heteroatoms. The first-order valence-corrected chi connectivity index (χ1v) is 11.5. The molecule has 0 fully saturated rings. The summed E-state index contributed by atoms with van der Waals surface area (Å²) in [4.78, 5) is 3.43. The van der Waals surface area contributed by atoms with Crippen LogP contribution in [0.5, 0.6) is 5.75 Å². The summed E-state index contributed by atoms with van der Waals surface area (Å²) < 4.78 is 44.8.